The summed E-state index contributed by atoms with van der Waals surface area (Å²) in [7, 11) is 0. The number of aryl methyl sites for hydroxylation is 1. The highest BCUT2D eigenvalue weighted by Gasteiger charge is 2.18. The average molecular weight is 335 g/mol. The van der Waals surface area contributed by atoms with Gasteiger partial charge in [-0.1, -0.05) is 61.7 Å². The molecule has 2 heterocycles. The van der Waals surface area contributed by atoms with Gasteiger partial charge in [0.05, 0.1) is 6.54 Å². The maximum atomic E-state index is 12.4. The first-order valence-corrected chi connectivity index (χ1v) is 7.80. The van der Waals surface area contributed by atoms with Gasteiger partial charge in [-0.25, -0.2) is 18.7 Å². The molecule has 2 aromatic heterocycles. The molecule has 0 saturated heterocycles. The van der Waals surface area contributed by atoms with Crippen molar-refractivity contribution in [3.05, 3.63) is 57.4 Å². The van der Waals surface area contributed by atoms with Crippen molar-refractivity contribution < 1.29 is 0 Å². The average Bonchev–Trinajstić information content (AvgIpc) is 2.74. The number of thiol groups is 1. The van der Waals surface area contributed by atoms with Crippen LogP contribution in [-0.2, 0) is 13.0 Å². The van der Waals surface area contributed by atoms with Crippen LogP contribution in [0.25, 0.3) is 11.2 Å². The van der Waals surface area contributed by atoms with Crippen LogP contribution in [0.4, 0.5) is 0 Å². The molecule has 0 bridgehead atoms. The van der Waals surface area contributed by atoms with Crippen molar-refractivity contribution in [2.75, 3.05) is 0 Å². The van der Waals surface area contributed by atoms with Gasteiger partial charge in [-0.2, -0.15) is 0 Å². The highest BCUT2D eigenvalue weighted by Crippen LogP contribution is 2.21. The van der Waals surface area contributed by atoms with Crippen molar-refractivity contribution in [3.8, 4) is 0 Å². The summed E-state index contributed by atoms with van der Waals surface area (Å²) >= 11 is 10.4. The molecule has 114 valence electrons. The second-order valence-electron chi connectivity index (χ2n) is 5.02. The van der Waals surface area contributed by atoms with E-state index in [9.17, 15) is 4.79 Å². The number of halogens is 1. The fourth-order valence-corrected chi connectivity index (χ4v) is 2.99. The number of hydrogen-bond acceptors (Lipinski definition) is 4. The van der Waals surface area contributed by atoms with E-state index in [0.717, 1.165) is 12.0 Å². The summed E-state index contributed by atoms with van der Waals surface area (Å²) in [5, 5.41) is 0.257. The molecule has 7 heteroatoms. The Morgan fingerprint density at radius 3 is 2.64 bits per heavy atom. The van der Waals surface area contributed by atoms with Gasteiger partial charge in [0, 0.05) is 6.42 Å². The number of nitrogens with zero attached hydrogens (tertiary/aromatic N) is 4. The number of benzene rings is 1. The number of hydrogen-bond donors (Lipinski definition) is 1. The van der Waals surface area contributed by atoms with Gasteiger partial charge < -0.3 is 0 Å². The Kier molecular flexibility index (Phi) is 4.22. The summed E-state index contributed by atoms with van der Waals surface area (Å²) in [6, 6.07) is 9.73. The molecule has 5 nitrogen and oxygen atoms in total. The standard InChI is InChI=1S/C15H15ClN4OS/c1-2-6-11-17-13(16)12-14(18-11)19(15(21)20(12)22)9-10-7-4-3-5-8-10/h3-5,7-8,22H,2,6,9H2,1H3. The Morgan fingerprint density at radius 2 is 1.95 bits per heavy atom. The highest BCUT2D eigenvalue weighted by atomic mass is 35.5. The number of aromatic nitrogens is 4. The molecule has 3 rings (SSSR count). The first kappa shape index (κ1) is 15.1. The summed E-state index contributed by atoms with van der Waals surface area (Å²) in [6.07, 6.45) is 1.62. The molecule has 0 radical (unpaired) electrons. The minimum atomic E-state index is -0.271. The zero-order valence-electron chi connectivity index (χ0n) is 12.0. The summed E-state index contributed by atoms with van der Waals surface area (Å²) in [5.41, 5.74) is 1.71. The normalized spacial score (nSPS) is 11.2. The van der Waals surface area contributed by atoms with Gasteiger partial charge in [-0.3, -0.25) is 4.57 Å². The monoisotopic (exact) mass is 334 g/mol. The van der Waals surface area contributed by atoms with Gasteiger partial charge in [0.15, 0.2) is 10.8 Å². The van der Waals surface area contributed by atoms with E-state index < -0.39 is 0 Å². The molecule has 3 aromatic rings. The van der Waals surface area contributed by atoms with Crippen LogP contribution in [-0.4, -0.2) is 18.5 Å². The van der Waals surface area contributed by atoms with Crippen LogP contribution in [0.2, 0.25) is 5.15 Å². The lowest BCUT2D eigenvalue weighted by molar-refractivity contribution is 0.763. The first-order valence-electron chi connectivity index (χ1n) is 7.02. The zero-order chi connectivity index (χ0) is 15.7. The molecule has 0 amide bonds. The lowest BCUT2D eigenvalue weighted by Crippen LogP contribution is -2.21. The molecule has 0 atom stereocenters. The summed E-state index contributed by atoms with van der Waals surface area (Å²) < 4.78 is 2.78. The van der Waals surface area contributed by atoms with E-state index in [1.807, 2.05) is 37.3 Å². The Bertz CT molecular complexity index is 873. The van der Waals surface area contributed by atoms with E-state index in [0.29, 0.717) is 30.0 Å². The molecule has 0 N–H and O–H groups in total. The van der Waals surface area contributed by atoms with Crippen LogP contribution in [0.15, 0.2) is 35.1 Å². The minimum absolute atomic E-state index is 0.257. The number of fused-ring (bicyclic) bond motifs is 1. The van der Waals surface area contributed by atoms with Crippen molar-refractivity contribution in [2.45, 2.75) is 26.3 Å². The lowest BCUT2D eigenvalue weighted by atomic mass is 10.2. The second kappa shape index (κ2) is 6.14. The predicted octanol–water partition coefficient (Wildman–Crippen LogP) is 2.94. The molecule has 0 aliphatic carbocycles. The van der Waals surface area contributed by atoms with Crippen molar-refractivity contribution >= 4 is 35.6 Å². The van der Waals surface area contributed by atoms with Crippen molar-refractivity contribution in [2.24, 2.45) is 0 Å². The second-order valence-corrected chi connectivity index (χ2v) is 5.78. The smallest absolute Gasteiger partial charge is 0.271 e. The SMILES string of the molecule is CCCc1nc(Cl)c2c(n1)n(Cc1ccccc1)c(=O)n2S. The van der Waals surface area contributed by atoms with Crippen LogP contribution >= 0.6 is 24.4 Å². The lowest BCUT2D eigenvalue weighted by Gasteiger charge is -2.04. The molecule has 22 heavy (non-hydrogen) atoms. The number of imidazole rings is 1. The third-order valence-electron chi connectivity index (χ3n) is 3.41. The van der Waals surface area contributed by atoms with Gasteiger partial charge in [0.2, 0.25) is 0 Å². The van der Waals surface area contributed by atoms with E-state index in [4.69, 9.17) is 11.6 Å². The van der Waals surface area contributed by atoms with E-state index in [1.54, 1.807) is 4.57 Å². The number of rotatable bonds is 4. The molecular formula is C15H15ClN4OS. The quantitative estimate of drug-likeness (QED) is 0.589. The van der Waals surface area contributed by atoms with E-state index >= 15 is 0 Å². The van der Waals surface area contributed by atoms with Gasteiger partial charge in [-0.05, 0) is 12.0 Å². The Balaban J connectivity index is 2.20. The van der Waals surface area contributed by atoms with E-state index in [2.05, 4.69) is 22.8 Å². The van der Waals surface area contributed by atoms with E-state index in [-0.39, 0.29) is 10.8 Å². The van der Waals surface area contributed by atoms with Gasteiger partial charge >= 0.3 is 5.69 Å². The molecule has 0 spiro atoms. The van der Waals surface area contributed by atoms with Crippen molar-refractivity contribution in [1.82, 2.24) is 18.5 Å². The van der Waals surface area contributed by atoms with Crippen LogP contribution < -0.4 is 5.69 Å². The largest absolute Gasteiger partial charge is 0.340 e. The zero-order valence-corrected chi connectivity index (χ0v) is 13.7. The first-order chi connectivity index (χ1) is 10.6. The summed E-state index contributed by atoms with van der Waals surface area (Å²) in [6.45, 7) is 2.46. The minimum Gasteiger partial charge on any atom is -0.271 e. The molecule has 1 aromatic carbocycles. The third-order valence-corrected chi connectivity index (χ3v) is 4.04. The molecule has 0 aliphatic rings. The van der Waals surface area contributed by atoms with Gasteiger partial charge in [0.25, 0.3) is 0 Å². The molecule has 0 fully saturated rings. The predicted molar refractivity (Wildman–Crippen MR) is 90.7 cm³/mol. The topological polar surface area (TPSA) is 52.7 Å². The fraction of sp³-hybridized carbons (Fsp3) is 0.267. The van der Waals surface area contributed by atoms with Crippen molar-refractivity contribution in [1.29, 1.82) is 0 Å². The van der Waals surface area contributed by atoms with Gasteiger partial charge in [0.1, 0.15) is 11.3 Å². The van der Waals surface area contributed by atoms with Crippen molar-refractivity contribution in [3.63, 3.8) is 0 Å². The van der Waals surface area contributed by atoms with Gasteiger partial charge in [-0.15, -0.1) is 0 Å². The Labute approximate surface area is 138 Å². The molecular weight excluding hydrogens is 320 g/mol. The Morgan fingerprint density at radius 1 is 1.23 bits per heavy atom. The maximum Gasteiger partial charge on any atom is 0.340 e. The molecule has 0 saturated carbocycles. The third kappa shape index (κ3) is 2.64. The maximum absolute atomic E-state index is 12.4. The van der Waals surface area contributed by atoms with Crippen LogP contribution in [0.1, 0.15) is 24.7 Å². The Hall–Kier alpha value is -1.79. The van der Waals surface area contributed by atoms with Crippen LogP contribution in [0.3, 0.4) is 0 Å². The van der Waals surface area contributed by atoms with Crippen LogP contribution in [0.5, 0.6) is 0 Å². The summed E-state index contributed by atoms with van der Waals surface area (Å²) in [4.78, 5) is 21.2. The molecule has 0 unspecified atom stereocenters. The molecule has 0 aliphatic heterocycles. The van der Waals surface area contributed by atoms with E-state index in [1.165, 1.54) is 3.97 Å². The summed E-state index contributed by atoms with van der Waals surface area (Å²) in [5.74, 6) is 0.640. The van der Waals surface area contributed by atoms with Crippen LogP contribution in [0, 0.1) is 0 Å². The highest BCUT2D eigenvalue weighted by molar-refractivity contribution is 7.78. The fourth-order valence-electron chi connectivity index (χ4n) is 2.37.